The van der Waals surface area contributed by atoms with E-state index < -0.39 is 27.2 Å². The first-order valence-corrected chi connectivity index (χ1v) is 8.12. The highest BCUT2D eigenvalue weighted by Gasteiger charge is 2.39. The second-order valence-corrected chi connectivity index (χ2v) is 5.63. The van der Waals surface area contributed by atoms with Gasteiger partial charge in [0.2, 0.25) is 0 Å². The molecule has 1 aromatic carbocycles. The first-order chi connectivity index (χ1) is 12.9. The van der Waals surface area contributed by atoms with Gasteiger partial charge in [0, 0.05) is 6.07 Å². The number of esters is 1. The Hall–Kier alpha value is -3.33. The summed E-state index contributed by atoms with van der Waals surface area (Å²) >= 11 is 0. The maximum atomic E-state index is 12.1. The van der Waals surface area contributed by atoms with Gasteiger partial charge in [-0.05, 0) is 18.9 Å². The van der Waals surface area contributed by atoms with Gasteiger partial charge in [0.1, 0.15) is 18.3 Å². The standard InChI is InChI=1S/C18H18N2O7/c1-2-3-4-5-6-7-8-16-17(27-16)12-26-18(21)14-10-9-13(19(22)23)11-15(14)20(24)25/h2-4,6-7,9-11,16-17H,1,5,8,12H2/b4-3+,7-6+/t16-,17+/m0/s1. The van der Waals surface area contributed by atoms with Crippen LogP contribution in [0.5, 0.6) is 0 Å². The van der Waals surface area contributed by atoms with E-state index in [9.17, 15) is 25.0 Å². The molecule has 1 aromatic rings. The van der Waals surface area contributed by atoms with Gasteiger partial charge in [-0.2, -0.15) is 0 Å². The number of hydrogen-bond donors (Lipinski definition) is 0. The molecule has 1 saturated heterocycles. The third-order valence-electron chi connectivity index (χ3n) is 3.75. The Bertz CT molecular complexity index is 801. The molecule has 9 nitrogen and oxygen atoms in total. The molecule has 2 rings (SSSR count). The summed E-state index contributed by atoms with van der Waals surface area (Å²) in [5, 5.41) is 21.8. The predicted octanol–water partition coefficient (Wildman–Crippen LogP) is 3.51. The average Bonchev–Trinajstić information content (AvgIpc) is 3.40. The lowest BCUT2D eigenvalue weighted by Gasteiger charge is -2.04. The van der Waals surface area contributed by atoms with Crippen molar-refractivity contribution in [1.29, 1.82) is 0 Å². The number of nitro benzene ring substituents is 2. The van der Waals surface area contributed by atoms with Crippen LogP contribution in [0, 0.1) is 20.2 Å². The number of epoxide rings is 1. The molecule has 1 aliphatic rings. The van der Waals surface area contributed by atoms with E-state index in [1.54, 1.807) is 6.08 Å². The van der Waals surface area contributed by atoms with Crippen LogP contribution in [-0.4, -0.2) is 34.6 Å². The quantitative estimate of drug-likeness (QED) is 0.153. The van der Waals surface area contributed by atoms with Crippen molar-refractivity contribution < 1.29 is 24.1 Å². The van der Waals surface area contributed by atoms with E-state index in [0.29, 0.717) is 6.42 Å². The normalized spacial score (nSPS) is 18.5. The molecule has 0 amide bonds. The molecule has 27 heavy (non-hydrogen) atoms. The van der Waals surface area contributed by atoms with Crippen molar-refractivity contribution in [1.82, 2.24) is 0 Å². The molecule has 1 fully saturated rings. The number of non-ortho nitro benzene ring substituents is 1. The van der Waals surface area contributed by atoms with Crippen molar-refractivity contribution in [3.05, 3.63) is 81.0 Å². The van der Waals surface area contributed by atoms with E-state index in [-0.39, 0.29) is 24.4 Å². The molecular weight excluding hydrogens is 356 g/mol. The maximum Gasteiger partial charge on any atom is 0.345 e. The molecule has 1 heterocycles. The van der Waals surface area contributed by atoms with Gasteiger partial charge in [0.05, 0.1) is 22.0 Å². The van der Waals surface area contributed by atoms with Gasteiger partial charge < -0.3 is 9.47 Å². The predicted molar refractivity (Wildman–Crippen MR) is 96.4 cm³/mol. The molecule has 0 bridgehead atoms. The minimum Gasteiger partial charge on any atom is -0.459 e. The summed E-state index contributed by atoms with van der Waals surface area (Å²) in [7, 11) is 0. The number of benzene rings is 1. The van der Waals surface area contributed by atoms with Crippen molar-refractivity contribution in [2.24, 2.45) is 0 Å². The Balaban J connectivity index is 1.85. The van der Waals surface area contributed by atoms with Gasteiger partial charge in [-0.25, -0.2) is 4.79 Å². The highest BCUT2D eigenvalue weighted by molar-refractivity contribution is 5.94. The number of nitro groups is 2. The van der Waals surface area contributed by atoms with Crippen molar-refractivity contribution >= 4 is 17.3 Å². The zero-order valence-corrected chi connectivity index (χ0v) is 14.4. The molecule has 0 aliphatic carbocycles. The molecule has 0 spiro atoms. The lowest BCUT2D eigenvalue weighted by molar-refractivity contribution is -0.394. The van der Waals surface area contributed by atoms with Gasteiger partial charge in [-0.3, -0.25) is 20.2 Å². The number of allylic oxidation sites excluding steroid dienone is 4. The Morgan fingerprint density at radius 2 is 1.96 bits per heavy atom. The summed E-state index contributed by atoms with van der Waals surface area (Å²) in [6.07, 6.45) is 10.5. The summed E-state index contributed by atoms with van der Waals surface area (Å²) in [6, 6.07) is 2.77. The van der Waals surface area contributed by atoms with Crippen LogP contribution in [-0.2, 0) is 9.47 Å². The van der Waals surface area contributed by atoms with Crippen LogP contribution in [0.15, 0.2) is 55.2 Å². The van der Waals surface area contributed by atoms with E-state index in [1.165, 1.54) is 0 Å². The van der Waals surface area contributed by atoms with E-state index >= 15 is 0 Å². The zero-order valence-electron chi connectivity index (χ0n) is 14.4. The minimum absolute atomic E-state index is 0.0398. The molecule has 0 saturated carbocycles. The van der Waals surface area contributed by atoms with Gasteiger partial charge in [-0.1, -0.05) is 37.0 Å². The lowest BCUT2D eigenvalue weighted by Crippen LogP contribution is -2.13. The van der Waals surface area contributed by atoms with Crippen LogP contribution in [0.3, 0.4) is 0 Å². The van der Waals surface area contributed by atoms with Crippen molar-refractivity contribution in [3.8, 4) is 0 Å². The Labute approximate surface area is 154 Å². The topological polar surface area (TPSA) is 125 Å². The maximum absolute atomic E-state index is 12.1. The van der Waals surface area contributed by atoms with Gasteiger partial charge in [0.15, 0.2) is 0 Å². The number of hydrogen-bond acceptors (Lipinski definition) is 7. The van der Waals surface area contributed by atoms with Gasteiger partial charge in [-0.15, -0.1) is 0 Å². The van der Waals surface area contributed by atoms with Crippen LogP contribution in [0.4, 0.5) is 11.4 Å². The summed E-state index contributed by atoms with van der Waals surface area (Å²) in [4.78, 5) is 32.2. The Kier molecular flexibility index (Phi) is 6.95. The largest absolute Gasteiger partial charge is 0.459 e. The molecule has 1 aliphatic heterocycles. The molecule has 9 heteroatoms. The van der Waals surface area contributed by atoms with Crippen molar-refractivity contribution in [2.75, 3.05) is 6.61 Å². The fourth-order valence-electron chi connectivity index (χ4n) is 2.31. The van der Waals surface area contributed by atoms with E-state index in [0.717, 1.165) is 24.6 Å². The molecule has 0 N–H and O–H groups in total. The SMILES string of the molecule is C=C/C=C/C/C=C/C[C@@H]1O[C@@H]1COC(=O)c1ccc([N+](=O)[O-])cc1[N+](=O)[O-]. The molecule has 142 valence electrons. The van der Waals surface area contributed by atoms with E-state index in [2.05, 4.69) is 6.58 Å². The minimum atomic E-state index is -0.920. The van der Waals surface area contributed by atoms with Crippen LogP contribution in [0.2, 0.25) is 0 Å². The first-order valence-electron chi connectivity index (χ1n) is 8.12. The lowest BCUT2D eigenvalue weighted by atomic mass is 10.1. The molecule has 0 radical (unpaired) electrons. The highest BCUT2D eigenvalue weighted by Crippen LogP contribution is 2.28. The summed E-state index contributed by atoms with van der Waals surface area (Å²) in [5.41, 5.74) is -1.48. The van der Waals surface area contributed by atoms with E-state index in [1.807, 2.05) is 24.3 Å². The highest BCUT2D eigenvalue weighted by atomic mass is 16.6. The zero-order chi connectivity index (χ0) is 19.8. The molecule has 0 unspecified atom stereocenters. The van der Waals surface area contributed by atoms with Gasteiger partial charge >= 0.3 is 5.97 Å². The summed E-state index contributed by atoms with van der Waals surface area (Å²) < 4.78 is 10.4. The Morgan fingerprint density at radius 3 is 2.63 bits per heavy atom. The summed E-state index contributed by atoms with van der Waals surface area (Å²) in [6.45, 7) is 3.53. The van der Waals surface area contributed by atoms with Crippen molar-refractivity contribution in [2.45, 2.75) is 25.0 Å². The third-order valence-corrected chi connectivity index (χ3v) is 3.75. The fraction of sp³-hybridized carbons (Fsp3) is 0.278. The number of nitrogens with zero attached hydrogens (tertiary/aromatic N) is 2. The van der Waals surface area contributed by atoms with Crippen molar-refractivity contribution in [3.63, 3.8) is 0 Å². The van der Waals surface area contributed by atoms with Crippen LogP contribution in [0.25, 0.3) is 0 Å². The molecular formula is C18H18N2O7. The van der Waals surface area contributed by atoms with E-state index in [4.69, 9.17) is 9.47 Å². The number of carbonyl (C=O) groups excluding carboxylic acids is 1. The first kappa shape index (κ1) is 20.0. The number of ether oxygens (including phenoxy) is 2. The molecule has 2 atom stereocenters. The van der Waals surface area contributed by atoms with Crippen LogP contribution in [0.1, 0.15) is 23.2 Å². The van der Waals surface area contributed by atoms with Crippen LogP contribution < -0.4 is 0 Å². The molecule has 0 aromatic heterocycles. The third kappa shape index (κ3) is 5.86. The second kappa shape index (κ2) is 9.39. The van der Waals surface area contributed by atoms with Gasteiger partial charge in [0.25, 0.3) is 11.4 Å². The monoisotopic (exact) mass is 374 g/mol. The average molecular weight is 374 g/mol. The number of carbonyl (C=O) groups is 1. The summed E-state index contributed by atoms with van der Waals surface area (Å²) in [5.74, 6) is -0.920. The Morgan fingerprint density at radius 1 is 1.19 bits per heavy atom. The fourth-order valence-corrected chi connectivity index (χ4v) is 2.31. The smallest absolute Gasteiger partial charge is 0.345 e. The number of rotatable bonds is 10. The van der Waals surface area contributed by atoms with Crippen LogP contribution >= 0.6 is 0 Å². The second-order valence-electron chi connectivity index (χ2n) is 5.63.